The minimum absolute atomic E-state index is 0.0573. The molecule has 0 saturated heterocycles. The Bertz CT molecular complexity index is 1340. The average molecular weight is 461 g/mol. The highest BCUT2D eigenvalue weighted by Crippen LogP contribution is 2.40. The number of anilines is 1. The number of rotatable bonds is 6. The molecule has 12 nitrogen and oxygen atoms in total. The summed E-state index contributed by atoms with van der Waals surface area (Å²) in [5.74, 6) is -1.14. The molecule has 1 aliphatic heterocycles. The van der Waals surface area contributed by atoms with Gasteiger partial charge in [0.25, 0.3) is 0 Å². The van der Waals surface area contributed by atoms with Gasteiger partial charge in [-0.15, -0.1) is 0 Å². The zero-order chi connectivity index (χ0) is 23.0. The van der Waals surface area contributed by atoms with Crippen molar-refractivity contribution in [1.82, 2.24) is 19.3 Å². The number of amides is 1. The van der Waals surface area contributed by atoms with Gasteiger partial charge in [-0.25, -0.2) is 27.4 Å². The molecule has 3 N–H and O–H groups in total. The van der Waals surface area contributed by atoms with Crippen LogP contribution in [0.4, 0.5) is 10.5 Å². The van der Waals surface area contributed by atoms with Gasteiger partial charge in [0.1, 0.15) is 12.2 Å². The van der Waals surface area contributed by atoms with Gasteiger partial charge in [-0.3, -0.25) is 4.79 Å². The minimum atomic E-state index is -3.89. The molecule has 1 aromatic carbocycles. The number of methoxy groups -OCH3 is 1. The number of hydrogen-bond acceptors (Lipinski definition) is 9. The summed E-state index contributed by atoms with van der Waals surface area (Å²) in [5, 5.41) is 15.8. The van der Waals surface area contributed by atoms with Crippen LogP contribution in [0.1, 0.15) is 22.7 Å². The van der Waals surface area contributed by atoms with Gasteiger partial charge in [0.2, 0.25) is 15.9 Å². The van der Waals surface area contributed by atoms with Gasteiger partial charge in [-0.05, 0) is 30.7 Å². The molecule has 32 heavy (non-hydrogen) atoms. The normalized spacial score (nSPS) is 15.5. The van der Waals surface area contributed by atoms with E-state index in [1.807, 2.05) is 0 Å². The zero-order valence-electron chi connectivity index (χ0n) is 17.0. The van der Waals surface area contributed by atoms with Crippen molar-refractivity contribution < 1.29 is 32.6 Å². The zero-order valence-corrected chi connectivity index (χ0v) is 17.8. The maximum atomic E-state index is 12.9. The van der Waals surface area contributed by atoms with Crippen LogP contribution in [0.15, 0.2) is 35.6 Å². The second-order valence-corrected chi connectivity index (χ2v) is 8.67. The monoisotopic (exact) mass is 461 g/mol. The van der Waals surface area contributed by atoms with E-state index >= 15 is 0 Å². The number of aliphatic hydroxyl groups excluding tert-OH is 1. The second-order valence-electron chi connectivity index (χ2n) is 6.91. The molecule has 1 atom stereocenters. The van der Waals surface area contributed by atoms with Gasteiger partial charge >= 0.3 is 6.16 Å². The molecule has 0 saturated carbocycles. The predicted octanol–water partition coefficient (Wildman–Crippen LogP) is 0.538. The van der Waals surface area contributed by atoms with E-state index in [0.717, 1.165) is 0 Å². The van der Waals surface area contributed by atoms with E-state index in [1.165, 1.54) is 42.3 Å². The number of sulfonamides is 1. The van der Waals surface area contributed by atoms with Gasteiger partial charge in [0.15, 0.2) is 5.75 Å². The summed E-state index contributed by atoms with van der Waals surface area (Å²) in [5.41, 5.74) is 2.12. The first-order chi connectivity index (χ1) is 15.3. The SMILES string of the molecule is COC(=O)Oc1cn2ncnc(C3C(=O)Nc4ccc(S(=O)(=O)NCCO)cc43)c2c1C. The summed E-state index contributed by atoms with van der Waals surface area (Å²) in [6.45, 7) is 1.18. The molecule has 1 amide bonds. The lowest BCUT2D eigenvalue weighted by Crippen LogP contribution is -2.26. The van der Waals surface area contributed by atoms with Crippen molar-refractivity contribution in [3.8, 4) is 5.75 Å². The Balaban J connectivity index is 1.83. The lowest BCUT2D eigenvalue weighted by Gasteiger charge is -2.12. The summed E-state index contributed by atoms with van der Waals surface area (Å²) in [6.07, 6.45) is 1.80. The summed E-state index contributed by atoms with van der Waals surface area (Å²) in [7, 11) is -2.71. The third-order valence-corrected chi connectivity index (χ3v) is 6.47. The predicted molar refractivity (Wildman–Crippen MR) is 110 cm³/mol. The van der Waals surface area contributed by atoms with Gasteiger partial charge < -0.3 is 19.9 Å². The summed E-state index contributed by atoms with van der Waals surface area (Å²) in [6, 6.07) is 4.25. The molecule has 0 aliphatic carbocycles. The van der Waals surface area contributed by atoms with Gasteiger partial charge in [-0.2, -0.15) is 5.10 Å². The second kappa shape index (κ2) is 8.18. The Hall–Kier alpha value is -3.55. The molecular weight excluding hydrogens is 442 g/mol. The highest BCUT2D eigenvalue weighted by molar-refractivity contribution is 7.89. The topological polar surface area (TPSA) is 161 Å². The summed E-state index contributed by atoms with van der Waals surface area (Å²) >= 11 is 0. The molecule has 0 spiro atoms. The average Bonchev–Trinajstić information content (AvgIpc) is 3.27. The van der Waals surface area contributed by atoms with E-state index in [1.54, 1.807) is 6.92 Å². The van der Waals surface area contributed by atoms with Crippen molar-refractivity contribution in [2.24, 2.45) is 0 Å². The molecule has 4 rings (SSSR count). The maximum Gasteiger partial charge on any atom is 0.513 e. The van der Waals surface area contributed by atoms with E-state index in [4.69, 9.17) is 9.84 Å². The lowest BCUT2D eigenvalue weighted by molar-refractivity contribution is -0.116. The Morgan fingerprint density at radius 3 is 2.88 bits per heavy atom. The smallest absolute Gasteiger partial charge is 0.437 e. The van der Waals surface area contributed by atoms with Crippen molar-refractivity contribution in [2.45, 2.75) is 17.7 Å². The molecule has 3 heterocycles. The molecule has 2 aromatic heterocycles. The number of ether oxygens (including phenoxy) is 2. The number of fused-ring (bicyclic) bond motifs is 2. The van der Waals surface area contributed by atoms with Crippen LogP contribution in [0.3, 0.4) is 0 Å². The number of nitrogens with zero attached hydrogens (tertiary/aromatic N) is 3. The minimum Gasteiger partial charge on any atom is -0.437 e. The molecule has 1 aliphatic rings. The fourth-order valence-electron chi connectivity index (χ4n) is 3.55. The quantitative estimate of drug-likeness (QED) is 0.445. The largest absolute Gasteiger partial charge is 0.513 e. The van der Waals surface area contributed by atoms with Crippen molar-refractivity contribution in [3.63, 3.8) is 0 Å². The van der Waals surface area contributed by atoms with Gasteiger partial charge in [0.05, 0.1) is 36.0 Å². The van der Waals surface area contributed by atoms with E-state index in [2.05, 4.69) is 24.9 Å². The first kappa shape index (κ1) is 21.7. The molecule has 3 aromatic rings. The van der Waals surface area contributed by atoms with Crippen LogP contribution in [-0.4, -0.2) is 60.4 Å². The van der Waals surface area contributed by atoms with Crippen LogP contribution >= 0.6 is 0 Å². The number of hydrogen-bond donors (Lipinski definition) is 3. The lowest BCUT2D eigenvalue weighted by atomic mass is 9.95. The number of carbonyl (C=O) groups is 2. The van der Waals surface area contributed by atoms with Crippen LogP contribution in [0.5, 0.6) is 5.75 Å². The molecule has 0 radical (unpaired) electrons. The fourth-order valence-corrected chi connectivity index (χ4v) is 4.61. The summed E-state index contributed by atoms with van der Waals surface area (Å²) in [4.78, 5) is 28.6. The van der Waals surface area contributed by atoms with E-state index in [9.17, 15) is 18.0 Å². The molecule has 168 valence electrons. The molecule has 13 heteroatoms. The Kier molecular flexibility index (Phi) is 5.54. The van der Waals surface area contributed by atoms with E-state index in [0.29, 0.717) is 28.0 Å². The first-order valence-corrected chi connectivity index (χ1v) is 10.9. The number of carbonyl (C=O) groups excluding carboxylic acids is 2. The van der Waals surface area contributed by atoms with E-state index < -0.39 is 28.0 Å². The Labute approximate surface area is 182 Å². The Morgan fingerprint density at radius 1 is 1.38 bits per heavy atom. The fraction of sp³-hybridized carbons (Fsp3) is 0.263. The van der Waals surface area contributed by atoms with Crippen LogP contribution in [-0.2, 0) is 19.6 Å². The van der Waals surface area contributed by atoms with E-state index in [-0.39, 0.29) is 23.8 Å². The van der Waals surface area contributed by atoms with Gasteiger partial charge in [0, 0.05) is 17.8 Å². The third kappa shape index (κ3) is 3.66. The Morgan fingerprint density at radius 2 is 2.16 bits per heavy atom. The first-order valence-electron chi connectivity index (χ1n) is 9.40. The number of aryl methyl sites for hydroxylation is 1. The molecular formula is C19H19N5O7S. The van der Waals surface area contributed by atoms with Crippen LogP contribution in [0.2, 0.25) is 0 Å². The van der Waals surface area contributed by atoms with Crippen LogP contribution < -0.4 is 14.8 Å². The highest BCUT2D eigenvalue weighted by Gasteiger charge is 2.36. The number of nitrogens with one attached hydrogen (secondary N) is 2. The number of aromatic nitrogens is 3. The van der Waals surface area contributed by atoms with Crippen molar-refractivity contribution in [3.05, 3.63) is 47.5 Å². The van der Waals surface area contributed by atoms with Crippen LogP contribution in [0, 0.1) is 6.92 Å². The highest BCUT2D eigenvalue weighted by atomic mass is 32.2. The van der Waals surface area contributed by atoms with Crippen LogP contribution in [0.25, 0.3) is 5.52 Å². The van der Waals surface area contributed by atoms with Crippen molar-refractivity contribution in [2.75, 3.05) is 25.6 Å². The molecule has 0 fully saturated rings. The van der Waals surface area contributed by atoms with Gasteiger partial charge in [-0.1, -0.05) is 0 Å². The third-order valence-electron chi connectivity index (χ3n) is 5.01. The molecule has 1 unspecified atom stereocenters. The van der Waals surface area contributed by atoms with Crippen molar-refractivity contribution >= 4 is 33.3 Å². The number of benzene rings is 1. The van der Waals surface area contributed by atoms with Crippen molar-refractivity contribution in [1.29, 1.82) is 0 Å². The summed E-state index contributed by atoms with van der Waals surface area (Å²) < 4.78 is 38.4. The molecule has 0 bridgehead atoms. The maximum absolute atomic E-state index is 12.9. The standard InChI is InChI=1S/C19H19N5O7S/c1-10-14(31-19(27)30-2)8-24-17(10)16(20-9-21-24)15-12-7-11(32(28,29)22-5-6-25)3-4-13(12)23-18(15)26/h3-4,7-9,15,22,25H,5-6H2,1-2H3,(H,23,26). The number of aliphatic hydroxyl groups is 1.